The lowest BCUT2D eigenvalue weighted by atomic mass is 10.0. The molecule has 1 saturated heterocycles. The van der Waals surface area contributed by atoms with E-state index in [2.05, 4.69) is 16.4 Å². The van der Waals surface area contributed by atoms with Crippen LogP contribution in [-0.2, 0) is 24.2 Å². The van der Waals surface area contributed by atoms with Gasteiger partial charge >= 0.3 is 6.03 Å². The summed E-state index contributed by atoms with van der Waals surface area (Å²) in [5.74, 6) is -0.243. The summed E-state index contributed by atoms with van der Waals surface area (Å²) >= 11 is 0. The molecular formula is C21H22N4O2. The van der Waals surface area contributed by atoms with Crippen LogP contribution in [0, 0.1) is 0 Å². The summed E-state index contributed by atoms with van der Waals surface area (Å²) in [7, 11) is 0. The third-order valence-electron chi connectivity index (χ3n) is 5.04. The Morgan fingerprint density at radius 3 is 2.63 bits per heavy atom. The van der Waals surface area contributed by atoms with E-state index in [0.29, 0.717) is 19.5 Å². The average Bonchev–Trinajstić information content (AvgIpc) is 3.18. The Kier molecular flexibility index (Phi) is 4.64. The second-order valence-electron chi connectivity index (χ2n) is 6.86. The van der Waals surface area contributed by atoms with Crippen LogP contribution in [0.2, 0.25) is 0 Å². The van der Waals surface area contributed by atoms with Crippen LogP contribution < -0.4 is 11.1 Å². The number of H-pyrrole nitrogens is 1. The number of nitrogens with zero attached hydrogens (tertiary/aromatic N) is 1. The molecule has 0 spiro atoms. The molecule has 4 rings (SSSR count). The third kappa shape index (κ3) is 3.44. The third-order valence-corrected chi connectivity index (χ3v) is 5.04. The number of amides is 3. The van der Waals surface area contributed by atoms with Crippen molar-refractivity contribution in [2.75, 3.05) is 6.54 Å². The summed E-state index contributed by atoms with van der Waals surface area (Å²) in [4.78, 5) is 29.5. The first-order chi connectivity index (χ1) is 13.2. The first-order valence-electron chi connectivity index (χ1n) is 9.10. The highest BCUT2D eigenvalue weighted by Gasteiger charge is 2.38. The topological polar surface area (TPSA) is 91.2 Å². The number of hydrogen-bond acceptors (Lipinski definition) is 3. The molecule has 0 bridgehead atoms. The molecule has 6 nitrogen and oxygen atoms in total. The number of benzene rings is 2. The van der Waals surface area contributed by atoms with Gasteiger partial charge in [-0.15, -0.1) is 0 Å². The first kappa shape index (κ1) is 17.3. The molecule has 6 heteroatoms. The maximum Gasteiger partial charge on any atom is 0.325 e. The minimum absolute atomic E-state index is 0.243. The lowest BCUT2D eigenvalue weighted by Gasteiger charge is -2.22. The summed E-state index contributed by atoms with van der Waals surface area (Å²) in [5.41, 5.74) is 9.94. The molecule has 0 radical (unpaired) electrons. The van der Waals surface area contributed by atoms with Crippen LogP contribution in [-0.4, -0.2) is 34.4 Å². The van der Waals surface area contributed by atoms with Crippen molar-refractivity contribution in [1.29, 1.82) is 0 Å². The Hall–Kier alpha value is -3.12. The van der Waals surface area contributed by atoms with Crippen molar-refractivity contribution in [3.8, 4) is 0 Å². The Balaban J connectivity index is 1.59. The Morgan fingerprint density at radius 1 is 1.04 bits per heavy atom. The van der Waals surface area contributed by atoms with Crippen molar-refractivity contribution < 1.29 is 9.59 Å². The number of fused-ring (bicyclic) bond motifs is 1. The second kappa shape index (κ2) is 7.25. The Morgan fingerprint density at radius 2 is 1.85 bits per heavy atom. The van der Waals surface area contributed by atoms with Crippen LogP contribution in [0.25, 0.3) is 10.9 Å². The summed E-state index contributed by atoms with van der Waals surface area (Å²) in [6.07, 6.45) is 3.26. The van der Waals surface area contributed by atoms with Gasteiger partial charge in [0.2, 0.25) is 0 Å². The van der Waals surface area contributed by atoms with Crippen LogP contribution in [0.4, 0.5) is 4.79 Å². The molecule has 1 aliphatic heterocycles. The predicted molar refractivity (Wildman–Crippen MR) is 104 cm³/mol. The monoisotopic (exact) mass is 362 g/mol. The van der Waals surface area contributed by atoms with Crippen molar-refractivity contribution in [2.45, 2.75) is 25.4 Å². The zero-order valence-corrected chi connectivity index (χ0v) is 14.9. The molecule has 27 heavy (non-hydrogen) atoms. The fraction of sp³-hybridized carbons (Fsp3) is 0.238. The number of rotatable bonds is 6. The molecule has 0 aliphatic carbocycles. The van der Waals surface area contributed by atoms with Gasteiger partial charge in [0.25, 0.3) is 5.91 Å². The molecule has 138 valence electrons. The van der Waals surface area contributed by atoms with Crippen molar-refractivity contribution in [2.24, 2.45) is 5.73 Å². The van der Waals surface area contributed by atoms with Gasteiger partial charge in [0.1, 0.15) is 6.04 Å². The Bertz CT molecular complexity index is 980. The smallest absolute Gasteiger partial charge is 0.325 e. The van der Waals surface area contributed by atoms with Gasteiger partial charge in [-0.3, -0.25) is 10.1 Å². The number of nitrogens with two attached hydrogens (primary N) is 1. The van der Waals surface area contributed by atoms with E-state index in [1.807, 2.05) is 48.7 Å². The summed E-state index contributed by atoms with van der Waals surface area (Å²) in [6, 6.07) is 15.0. The lowest BCUT2D eigenvalue weighted by Crippen LogP contribution is -2.36. The molecule has 0 saturated carbocycles. The predicted octanol–water partition coefficient (Wildman–Crippen LogP) is 2.33. The lowest BCUT2D eigenvalue weighted by molar-refractivity contribution is -0.121. The van der Waals surface area contributed by atoms with Crippen LogP contribution >= 0.6 is 0 Å². The number of aromatic nitrogens is 1. The summed E-state index contributed by atoms with van der Waals surface area (Å²) in [6.45, 7) is 0.996. The number of nitrogens with one attached hydrogen (secondary N) is 2. The highest BCUT2D eigenvalue weighted by molar-refractivity contribution is 6.04. The molecule has 1 unspecified atom stereocenters. The molecular weight excluding hydrogens is 340 g/mol. The SMILES string of the molecule is NCCc1c[nH]c2ccc(CC3C(=O)NC(=O)N3Cc3ccccc3)cc12. The first-order valence-corrected chi connectivity index (χ1v) is 9.10. The van der Waals surface area contributed by atoms with Gasteiger partial charge in [-0.1, -0.05) is 36.4 Å². The average molecular weight is 362 g/mol. The van der Waals surface area contributed by atoms with Crippen molar-refractivity contribution in [1.82, 2.24) is 15.2 Å². The van der Waals surface area contributed by atoms with E-state index in [1.54, 1.807) is 4.90 Å². The van der Waals surface area contributed by atoms with Gasteiger partial charge in [0, 0.05) is 30.1 Å². The molecule has 2 aromatic carbocycles. The maximum atomic E-state index is 12.4. The van der Waals surface area contributed by atoms with Gasteiger partial charge in [-0.2, -0.15) is 0 Å². The van der Waals surface area contributed by atoms with Gasteiger partial charge in [-0.25, -0.2) is 4.79 Å². The molecule has 2 heterocycles. The van der Waals surface area contributed by atoms with Crippen molar-refractivity contribution >= 4 is 22.8 Å². The van der Waals surface area contributed by atoms with E-state index in [1.165, 1.54) is 5.56 Å². The number of carbonyl (C=O) groups excluding carboxylic acids is 2. The fourth-order valence-electron chi connectivity index (χ4n) is 3.65. The quantitative estimate of drug-likeness (QED) is 0.588. The summed E-state index contributed by atoms with van der Waals surface area (Å²) < 4.78 is 0. The number of imide groups is 1. The molecule has 3 amide bonds. The minimum Gasteiger partial charge on any atom is -0.361 e. The highest BCUT2D eigenvalue weighted by atomic mass is 16.2. The van der Waals surface area contributed by atoms with Gasteiger partial charge in [-0.05, 0) is 41.8 Å². The Labute approximate surface area is 157 Å². The maximum absolute atomic E-state index is 12.4. The molecule has 4 N–H and O–H groups in total. The van der Waals surface area contributed by atoms with E-state index in [4.69, 9.17) is 5.73 Å². The van der Waals surface area contributed by atoms with Gasteiger partial charge in [0.05, 0.1) is 0 Å². The highest BCUT2D eigenvalue weighted by Crippen LogP contribution is 2.23. The summed E-state index contributed by atoms with van der Waals surface area (Å²) in [5, 5.41) is 3.57. The van der Waals surface area contributed by atoms with E-state index in [0.717, 1.165) is 28.5 Å². The van der Waals surface area contributed by atoms with Gasteiger partial charge in [0.15, 0.2) is 0 Å². The van der Waals surface area contributed by atoms with Crippen LogP contribution in [0.15, 0.2) is 54.7 Å². The molecule has 1 atom stereocenters. The van der Waals surface area contributed by atoms with E-state index < -0.39 is 6.04 Å². The van der Waals surface area contributed by atoms with Gasteiger partial charge < -0.3 is 15.6 Å². The van der Waals surface area contributed by atoms with Crippen LogP contribution in [0.1, 0.15) is 16.7 Å². The molecule has 1 fully saturated rings. The van der Waals surface area contributed by atoms with E-state index in [9.17, 15) is 9.59 Å². The number of hydrogen-bond donors (Lipinski definition) is 3. The zero-order valence-electron chi connectivity index (χ0n) is 14.9. The minimum atomic E-state index is -0.507. The van der Waals surface area contributed by atoms with Crippen molar-refractivity contribution in [3.05, 3.63) is 71.4 Å². The normalized spacial score (nSPS) is 16.9. The van der Waals surface area contributed by atoms with E-state index >= 15 is 0 Å². The number of urea groups is 1. The number of aromatic amines is 1. The molecule has 1 aromatic heterocycles. The fourth-order valence-corrected chi connectivity index (χ4v) is 3.65. The molecule has 3 aromatic rings. The second-order valence-corrected chi connectivity index (χ2v) is 6.86. The van der Waals surface area contributed by atoms with Crippen LogP contribution in [0.5, 0.6) is 0 Å². The van der Waals surface area contributed by atoms with Crippen molar-refractivity contribution in [3.63, 3.8) is 0 Å². The zero-order chi connectivity index (χ0) is 18.8. The van der Waals surface area contributed by atoms with E-state index in [-0.39, 0.29) is 11.9 Å². The number of carbonyl (C=O) groups is 2. The standard InChI is InChI=1S/C21H22N4O2/c22-9-8-16-12-23-18-7-6-15(10-17(16)18)11-19-20(26)24-21(27)25(19)13-14-4-2-1-3-5-14/h1-7,10,12,19,23H,8-9,11,13,22H2,(H,24,26,27). The molecule has 1 aliphatic rings. The largest absolute Gasteiger partial charge is 0.361 e. The van der Waals surface area contributed by atoms with Crippen LogP contribution in [0.3, 0.4) is 0 Å².